The number of carbonyl (C=O) groups excluding carboxylic acids is 1. The number of benzene rings is 1. The Morgan fingerprint density at radius 3 is 2.37 bits per heavy atom. The van der Waals surface area contributed by atoms with E-state index in [-0.39, 0.29) is 24.4 Å². The summed E-state index contributed by atoms with van der Waals surface area (Å²) >= 11 is 0. The van der Waals surface area contributed by atoms with Crippen LogP contribution in [0.3, 0.4) is 0 Å². The van der Waals surface area contributed by atoms with Crippen LogP contribution in [-0.2, 0) is 14.8 Å². The Kier molecular flexibility index (Phi) is 8.09. The Labute approximate surface area is 168 Å². The average molecular weight is 416 g/mol. The van der Waals surface area contributed by atoms with Gasteiger partial charge in [-0.3, -0.25) is 4.79 Å². The molecular weight excluding hydrogens is 386 g/mol. The highest BCUT2D eigenvalue weighted by Crippen LogP contribution is 2.27. The van der Waals surface area contributed by atoms with Gasteiger partial charge in [-0.25, -0.2) is 8.42 Å². The highest BCUT2D eigenvalue weighted by molar-refractivity contribution is 7.89. The summed E-state index contributed by atoms with van der Waals surface area (Å²) in [6.07, 6.45) is 5.25. The molecular formula is C19H30ClN3O3S. The van der Waals surface area contributed by atoms with Gasteiger partial charge in [-0.05, 0) is 49.7 Å². The molecule has 8 heteroatoms. The number of nitrogens with one attached hydrogen (secondary N) is 1. The van der Waals surface area contributed by atoms with Crippen LogP contribution in [0.1, 0.15) is 38.5 Å². The van der Waals surface area contributed by atoms with E-state index < -0.39 is 10.0 Å². The second kappa shape index (κ2) is 9.87. The molecule has 3 rings (SSSR count). The van der Waals surface area contributed by atoms with E-state index >= 15 is 0 Å². The van der Waals surface area contributed by atoms with Crippen LogP contribution in [-0.4, -0.2) is 44.3 Å². The quantitative estimate of drug-likeness (QED) is 0.744. The zero-order valence-electron chi connectivity index (χ0n) is 15.5. The van der Waals surface area contributed by atoms with Crippen molar-refractivity contribution in [2.24, 2.45) is 17.6 Å². The lowest BCUT2D eigenvalue weighted by Gasteiger charge is -2.31. The molecule has 1 heterocycles. The Morgan fingerprint density at radius 1 is 1.11 bits per heavy atom. The fourth-order valence-electron chi connectivity index (χ4n) is 3.98. The summed E-state index contributed by atoms with van der Waals surface area (Å²) in [4.78, 5) is 12.5. The third-order valence-corrected chi connectivity index (χ3v) is 7.62. The minimum Gasteiger partial charge on any atom is -0.356 e. The molecule has 0 spiro atoms. The second-order valence-corrected chi connectivity index (χ2v) is 9.46. The molecule has 0 radical (unpaired) electrons. The minimum absolute atomic E-state index is 0. The first-order valence-electron chi connectivity index (χ1n) is 9.54. The van der Waals surface area contributed by atoms with E-state index in [9.17, 15) is 13.2 Å². The van der Waals surface area contributed by atoms with Gasteiger partial charge >= 0.3 is 0 Å². The molecule has 1 saturated heterocycles. The topological polar surface area (TPSA) is 92.5 Å². The normalized spacial score (nSPS) is 24.3. The Morgan fingerprint density at radius 2 is 1.78 bits per heavy atom. The fraction of sp³-hybridized carbons (Fsp3) is 0.632. The van der Waals surface area contributed by atoms with Crippen molar-refractivity contribution in [1.29, 1.82) is 0 Å². The van der Waals surface area contributed by atoms with Gasteiger partial charge in [0.25, 0.3) is 0 Å². The van der Waals surface area contributed by atoms with Gasteiger partial charge in [0, 0.05) is 32.1 Å². The summed E-state index contributed by atoms with van der Waals surface area (Å²) in [5, 5.41) is 3.02. The predicted octanol–water partition coefficient (Wildman–Crippen LogP) is 2.14. The molecule has 1 aromatic carbocycles. The van der Waals surface area contributed by atoms with E-state index in [1.54, 1.807) is 28.6 Å². The molecule has 6 nitrogen and oxygen atoms in total. The summed E-state index contributed by atoms with van der Waals surface area (Å²) in [6.45, 7) is 1.64. The highest BCUT2D eigenvalue weighted by Gasteiger charge is 2.30. The monoisotopic (exact) mass is 415 g/mol. The lowest BCUT2D eigenvalue weighted by atomic mass is 9.97. The standard InChI is InChI=1S/C19H29N3O3S.ClH/c20-18-8-4-5-16(18)13-19(23)21-14-15-9-11-22(12-10-15)26(24,25)17-6-2-1-3-7-17;/h1-3,6-7,15-16,18H,4-5,8-14,20H2,(H,21,23);1H/t16-,18+;/m0./s1. The first kappa shape index (κ1) is 22.1. The van der Waals surface area contributed by atoms with E-state index in [0.717, 1.165) is 32.1 Å². The number of hydrogen-bond donors (Lipinski definition) is 2. The van der Waals surface area contributed by atoms with Crippen molar-refractivity contribution in [3.8, 4) is 0 Å². The van der Waals surface area contributed by atoms with Crippen LogP contribution in [0.2, 0.25) is 0 Å². The number of rotatable bonds is 6. The molecule has 0 unspecified atom stereocenters. The van der Waals surface area contributed by atoms with Crippen molar-refractivity contribution >= 4 is 28.3 Å². The van der Waals surface area contributed by atoms with Gasteiger partial charge in [-0.1, -0.05) is 24.6 Å². The predicted molar refractivity (Wildman–Crippen MR) is 108 cm³/mol. The zero-order chi connectivity index (χ0) is 18.6. The van der Waals surface area contributed by atoms with Crippen LogP contribution < -0.4 is 11.1 Å². The molecule has 3 N–H and O–H groups in total. The van der Waals surface area contributed by atoms with Gasteiger partial charge in [0.05, 0.1) is 4.90 Å². The van der Waals surface area contributed by atoms with Crippen LogP contribution >= 0.6 is 12.4 Å². The van der Waals surface area contributed by atoms with E-state index in [1.807, 2.05) is 6.07 Å². The lowest BCUT2D eigenvalue weighted by molar-refractivity contribution is -0.122. The minimum atomic E-state index is -3.41. The molecule has 1 aliphatic heterocycles. The van der Waals surface area contributed by atoms with Gasteiger partial charge in [0.2, 0.25) is 15.9 Å². The number of nitrogens with zero attached hydrogens (tertiary/aromatic N) is 1. The third kappa shape index (κ3) is 5.67. The van der Waals surface area contributed by atoms with E-state index in [4.69, 9.17) is 5.73 Å². The van der Waals surface area contributed by atoms with Gasteiger partial charge in [-0.15, -0.1) is 12.4 Å². The number of sulfonamides is 1. The van der Waals surface area contributed by atoms with Crippen LogP contribution in [0.15, 0.2) is 35.2 Å². The smallest absolute Gasteiger partial charge is 0.243 e. The van der Waals surface area contributed by atoms with Crippen molar-refractivity contribution < 1.29 is 13.2 Å². The molecule has 1 aromatic rings. The largest absolute Gasteiger partial charge is 0.356 e. The number of carbonyl (C=O) groups is 1. The fourth-order valence-corrected chi connectivity index (χ4v) is 5.47. The molecule has 2 atom stereocenters. The Balaban J connectivity index is 0.00000261. The summed E-state index contributed by atoms with van der Waals surface area (Å²) in [6, 6.07) is 8.72. The van der Waals surface area contributed by atoms with Crippen LogP contribution in [0.25, 0.3) is 0 Å². The maximum atomic E-state index is 12.6. The van der Waals surface area contributed by atoms with Crippen molar-refractivity contribution in [3.63, 3.8) is 0 Å². The third-order valence-electron chi connectivity index (χ3n) is 5.71. The van der Waals surface area contributed by atoms with Crippen LogP contribution in [0.5, 0.6) is 0 Å². The highest BCUT2D eigenvalue weighted by atomic mass is 35.5. The van der Waals surface area contributed by atoms with Crippen molar-refractivity contribution in [1.82, 2.24) is 9.62 Å². The Hall–Kier alpha value is -1.15. The maximum absolute atomic E-state index is 12.6. The maximum Gasteiger partial charge on any atom is 0.243 e. The molecule has 152 valence electrons. The molecule has 1 saturated carbocycles. The lowest BCUT2D eigenvalue weighted by Crippen LogP contribution is -2.42. The van der Waals surface area contributed by atoms with Gasteiger partial charge in [0.15, 0.2) is 0 Å². The number of halogens is 1. The molecule has 2 aliphatic rings. The van der Waals surface area contributed by atoms with E-state index in [0.29, 0.717) is 42.8 Å². The van der Waals surface area contributed by atoms with Crippen molar-refractivity contribution in [2.45, 2.75) is 49.5 Å². The summed E-state index contributed by atoms with van der Waals surface area (Å²) < 4.78 is 26.8. The molecule has 0 bridgehead atoms. The number of amides is 1. The second-order valence-electron chi connectivity index (χ2n) is 7.52. The first-order chi connectivity index (χ1) is 12.5. The number of piperidine rings is 1. The molecule has 2 fully saturated rings. The van der Waals surface area contributed by atoms with Crippen LogP contribution in [0.4, 0.5) is 0 Å². The Bertz CT molecular complexity index is 706. The zero-order valence-corrected chi connectivity index (χ0v) is 17.2. The van der Waals surface area contributed by atoms with Gasteiger partial charge < -0.3 is 11.1 Å². The molecule has 27 heavy (non-hydrogen) atoms. The van der Waals surface area contributed by atoms with Crippen molar-refractivity contribution in [2.75, 3.05) is 19.6 Å². The molecule has 1 amide bonds. The number of hydrogen-bond acceptors (Lipinski definition) is 4. The summed E-state index contributed by atoms with van der Waals surface area (Å²) in [5.41, 5.74) is 6.03. The van der Waals surface area contributed by atoms with Crippen molar-refractivity contribution in [3.05, 3.63) is 30.3 Å². The molecule has 1 aliphatic carbocycles. The van der Waals surface area contributed by atoms with Crippen LogP contribution in [0, 0.1) is 11.8 Å². The first-order valence-corrected chi connectivity index (χ1v) is 11.0. The van der Waals surface area contributed by atoms with Gasteiger partial charge in [0.1, 0.15) is 0 Å². The molecule has 0 aromatic heterocycles. The average Bonchev–Trinajstić information content (AvgIpc) is 3.06. The van der Waals surface area contributed by atoms with Gasteiger partial charge in [-0.2, -0.15) is 4.31 Å². The van der Waals surface area contributed by atoms with E-state index in [2.05, 4.69) is 5.32 Å². The number of nitrogens with two attached hydrogens (primary N) is 1. The SMILES string of the molecule is Cl.N[C@@H]1CCC[C@H]1CC(=O)NCC1CCN(S(=O)(=O)c2ccccc2)CC1. The summed E-state index contributed by atoms with van der Waals surface area (Å²) in [7, 11) is -3.41. The summed E-state index contributed by atoms with van der Waals surface area (Å²) in [5.74, 6) is 0.720. The van der Waals surface area contributed by atoms with E-state index in [1.165, 1.54) is 0 Å².